The smallest absolute Gasteiger partial charge is 0.270 e. The molecule has 13 heteroatoms. The van der Waals surface area contributed by atoms with Gasteiger partial charge >= 0.3 is 0 Å². The zero-order valence-corrected chi connectivity index (χ0v) is 24.1. The van der Waals surface area contributed by atoms with Crippen LogP contribution in [0.1, 0.15) is 48.6 Å². The molecular weight excluding hydrogens is 550 g/mol. The number of benzene rings is 2. The van der Waals surface area contributed by atoms with Crippen LogP contribution in [0.25, 0.3) is 11.3 Å². The lowest BCUT2D eigenvalue weighted by Gasteiger charge is -2.22. The van der Waals surface area contributed by atoms with Crippen LogP contribution < -0.4 is 10.6 Å². The Hall–Kier alpha value is -4.10. The van der Waals surface area contributed by atoms with E-state index >= 15 is 0 Å². The van der Waals surface area contributed by atoms with Gasteiger partial charge in [0.1, 0.15) is 0 Å². The highest BCUT2D eigenvalue weighted by Gasteiger charge is 2.26. The molecule has 2 N–H and O–H groups in total. The monoisotopic (exact) mass is 579 g/mol. The molecular formula is C27H29N7O4S2. The summed E-state index contributed by atoms with van der Waals surface area (Å²) in [6.07, 6.45) is 0. The summed E-state index contributed by atoms with van der Waals surface area (Å²) in [7, 11) is 0. The maximum atomic E-state index is 13.0. The largest absolute Gasteiger partial charge is 0.342 e. The van der Waals surface area contributed by atoms with Gasteiger partial charge in [-0.05, 0) is 31.9 Å². The van der Waals surface area contributed by atoms with Crippen LogP contribution in [-0.4, -0.2) is 42.2 Å². The number of rotatable bonds is 11. The van der Waals surface area contributed by atoms with Gasteiger partial charge < -0.3 is 15.2 Å². The van der Waals surface area contributed by atoms with Gasteiger partial charge in [0.25, 0.3) is 11.6 Å². The van der Waals surface area contributed by atoms with Crippen molar-refractivity contribution in [2.45, 2.75) is 45.4 Å². The number of nitrogens with one attached hydrogen (secondary N) is 2. The van der Waals surface area contributed by atoms with Gasteiger partial charge in [-0.3, -0.25) is 19.7 Å². The summed E-state index contributed by atoms with van der Waals surface area (Å²) in [5, 5.41) is 28.3. The second-order valence-electron chi connectivity index (χ2n) is 9.33. The van der Waals surface area contributed by atoms with Crippen LogP contribution in [0.5, 0.6) is 0 Å². The quantitative estimate of drug-likeness (QED) is 0.135. The summed E-state index contributed by atoms with van der Waals surface area (Å²) in [6.45, 7) is 8.48. The molecule has 2 amide bonds. The van der Waals surface area contributed by atoms with E-state index in [1.165, 1.54) is 35.2 Å². The van der Waals surface area contributed by atoms with Gasteiger partial charge in [0, 0.05) is 35.2 Å². The van der Waals surface area contributed by atoms with Gasteiger partial charge in [-0.1, -0.05) is 55.4 Å². The molecule has 2 aromatic carbocycles. The van der Waals surface area contributed by atoms with E-state index in [0.29, 0.717) is 39.5 Å². The number of nitrogens with zero attached hydrogens (tertiary/aromatic N) is 5. The number of non-ortho nitro benzene ring substituents is 1. The second kappa shape index (κ2) is 12.8. The first-order valence-corrected chi connectivity index (χ1v) is 14.5. The molecule has 40 heavy (non-hydrogen) atoms. The Morgan fingerprint density at radius 2 is 1.93 bits per heavy atom. The number of aromatic nitrogens is 4. The molecule has 4 rings (SSSR count). The molecule has 4 aromatic rings. The highest BCUT2D eigenvalue weighted by atomic mass is 32.2. The van der Waals surface area contributed by atoms with Crippen LogP contribution in [-0.2, 0) is 11.3 Å². The lowest BCUT2D eigenvalue weighted by atomic mass is 10.0. The van der Waals surface area contributed by atoms with Crippen molar-refractivity contribution in [1.82, 2.24) is 25.1 Å². The van der Waals surface area contributed by atoms with Crippen molar-refractivity contribution in [1.29, 1.82) is 0 Å². The lowest BCUT2D eigenvalue weighted by molar-refractivity contribution is -0.384. The first-order valence-electron chi connectivity index (χ1n) is 12.6. The Balaban J connectivity index is 1.41. The Morgan fingerprint density at radius 1 is 1.15 bits per heavy atom. The SMILES string of the molecule is CCn1c(SCC(=O)Nc2nc(-c3cccc([N+](=O)[O-])c3)cs2)nnc1[C@@H](NC(=O)c1cccc(C)c1)C(C)C. The molecule has 0 spiro atoms. The third kappa shape index (κ3) is 6.90. The minimum Gasteiger partial charge on any atom is -0.342 e. The number of hydrogen-bond acceptors (Lipinski definition) is 9. The summed E-state index contributed by atoms with van der Waals surface area (Å²) < 4.78 is 1.91. The second-order valence-corrected chi connectivity index (χ2v) is 11.1. The molecule has 0 bridgehead atoms. The summed E-state index contributed by atoms with van der Waals surface area (Å²) in [5.74, 6) is 0.295. The zero-order valence-electron chi connectivity index (χ0n) is 22.5. The number of anilines is 1. The summed E-state index contributed by atoms with van der Waals surface area (Å²) in [5.41, 5.74) is 2.69. The van der Waals surface area contributed by atoms with Crippen LogP contribution >= 0.6 is 23.1 Å². The number of carbonyl (C=O) groups excluding carboxylic acids is 2. The number of nitro benzene ring substituents is 1. The van der Waals surface area contributed by atoms with E-state index in [1.54, 1.807) is 23.6 Å². The average molecular weight is 580 g/mol. The number of thioether (sulfide) groups is 1. The number of amides is 2. The fraction of sp³-hybridized carbons (Fsp3) is 0.296. The predicted octanol–water partition coefficient (Wildman–Crippen LogP) is 5.50. The van der Waals surface area contributed by atoms with E-state index in [0.717, 1.165) is 5.56 Å². The van der Waals surface area contributed by atoms with E-state index in [2.05, 4.69) is 25.8 Å². The molecule has 0 aliphatic heterocycles. The van der Waals surface area contributed by atoms with E-state index < -0.39 is 4.92 Å². The maximum absolute atomic E-state index is 13.0. The van der Waals surface area contributed by atoms with Crippen LogP contribution in [0, 0.1) is 23.0 Å². The van der Waals surface area contributed by atoms with Gasteiger partial charge in [0.2, 0.25) is 5.91 Å². The van der Waals surface area contributed by atoms with Gasteiger partial charge in [-0.25, -0.2) is 4.98 Å². The van der Waals surface area contributed by atoms with E-state index in [-0.39, 0.29) is 35.2 Å². The molecule has 11 nitrogen and oxygen atoms in total. The Bertz CT molecular complexity index is 1530. The zero-order chi connectivity index (χ0) is 28.8. The van der Waals surface area contributed by atoms with Gasteiger partial charge in [0.05, 0.1) is 22.4 Å². The first kappa shape index (κ1) is 28.9. The molecule has 0 radical (unpaired) electrons. The molecule has 1 atom stereocenters. The molecule has 0 saturated carbocycles. The Kier molecular flexibility index (Phi) is 9.27. The summed E-state index contributed by atoms with van der Waals surface area (Å²) >= 11 is 2.48. The summed E-state index contributed by atoms with van der Waals surface area (Å²) in [4.78, 5) is 40.6. The van der Waals surface area contributed by atoms with E-state index in [9.17, 15) is 19.7 Å². The Morgan fingerprint density at radius 3 is 2.62 bits per heavy atom. The Labute approximate surface area is 239 Å². The topological polar surface area (TPSA) is 145 Å². The molecule has 0 aliphatic rings. The predicted molar refractivity (Wildman–Crippen MR) is 155 cm³/mol. The molecule has 0 aliphatic carbocycles. The number of aryl methyl sites for hydroxylation is 1. The third-order valence-corrected chi connectivity index (χ3v) is 7.73. The van der Waals surface area contributed by atoms with Crippen LogP contribution in [0.15, 0.2) is 59.1 Å². The number of thiazole rings is 1. The molecule has 208 valence electrons. The molecule has 2 aromatic heterocycles. The number of hydrogen-bond donors (Lipinski definition) is 2. The van der Waals surface area contributed by atoms with Crippen LogP contribution in [0.4, 0.5) is 10.8 Å². The van der Waals surface area contributed by atoms with Crippen LogP contribution in [0.2, 0.25) is 0 Å². The fourth-order valence-corrected chi connectivity index (χ4v) is 5.55. The van der Waals surface area contributed by atoms with Crippen molar-refractivity contribution >= 4 is 45.7 Å². The summed E-state index contributed by atoms with van der Waals surface area (Å²) in [6, 6.07) is 13.2. The van der Waals surface area contributed by atoms with Crippen molar-refractivity contribution in [2.75, 3.05) is 11.1 Å². The highest BCUT2D eigenvalue weighted by Crippen LogP contribution is 2.29. The molecule has 0 unspecified atom stereocenters. The van der Waals surface area contributed by atoms with Crippen molar-refractivity contribution in [3.05, 3.63) is 81.0 Å². The van der Waals surface area contributed by atoms with Gasteiger partial charge in [0.15, 0.2) is 16.1 Å². The normalized spacial score (nSPS) is 11.8. The van der Waals surface area contributed by atoms with Crippen molar-refractivity contribution in [3.8, 4) is 11.3 Å². The minimum absolute atomic E-state index is 0.0266. The maximum Gasteiger partial charge on any atom is 0.270 e. The van der Waals surface area contributed by atoms with Crippen molar-refractivity contribution < 1.29 is 14.5 Å². The third-order valence-electron chi connectivity index (χ3n) is 6.01. The van der Waals surface area contributed by atoms with E-state index in [4.69, 9.17) is 0 Å². The fourth-order valence-electron chi connectivity index (χ4n) is 4.00. The molecule has 0 fully saturated rings. The minimum atomic E-state index is -0.461. The van der Waals surface area contributed by atoms with Crippen molar-refractivity contribution in [2.24, 2.45) is 5.92 Å². The van der Waals surface area contributed by atoms with Crippen LogP contribution in [0.3, 0.4) is 0 Å². The average Bonchev–Trinajstić information content (AvgIpc) is 3.57. The molecule has 2 heterocycles. The lowest BCUT2D eigenvalue weighted by Crippen LogP contribution is -2.33. The highest BCUT2D eigenvalue weighted by molar-refractivity contribution is 7.99. The van der Waals surface area contributed by atoms with Gasteiger partial charge in [-0.15, -0.1) is 21.5 Å². The van der Waals surface area contributed by atoms with Gasteiger partial charge in [-0.2, -0.15) is 0 Å². The number of nitro groups is 1. The standard InChI is InChI=1S/C27H29N7O4S2/c1-5-33-24(23(16(2)3)30-25(36)19-10-6-8-17(4)12-19)31-32-27(33)40-15-22(35)29-26-28-21(14-39-26)18-9-7-11-20(13-18)34(37)38/h6-14,16,23H,5,15H2,1-4H3,(H,30,36)(H,28,29,35)/t23-/m0/s1. The number of carbonyl (C=O) groups is 2. The first-order chi connectivity index (χ1) is 19.2. The van der Waals surface area contributed by atoms with E-state index in [1.807, 2.05) is 50.5 Å². The van der Waals surface area contributed by atoms with Crippen molar-refractivity contribution in [3.63, 3.8) is 0 Å². The molecule has 0 saturated heterocycles.